The van der Waals surface area contributed by atoms with Gasteiger partial charge in [0.2, 0.25) is 5.91 Å². The molecule has 1 aliphatic heterocycles. The summed E-state index contributed by atoms with van der Waals surface area (Å²) >= 11 is 0. The largest absolute Gasteiger partial charge is 0.489 e. The van der Waals surface area contributed by atoms with Crippen molar-refractivity contribution in [1.29, 1.82) is 0 Å². The van der Waals surface area contributed by atoms with Crippen LogP contribution in [0.4, 0.5) is 18.9 Å². The molecular formula is C17H23F3N2O3. The number of nitrogens with one attached hydrogen (secondary N) is 1. The second-order valence-electron chi connectivity index (χ2n) is 5.93. The van der Waals surface area contributed by atoms with E-state index in [1.54, 1.807) is 0 Å². The van der Waals surface area contributed by atoms with Crippen LogP contribution in [0.5, 0.6) is 5.75 Å². The van der Waals surface area contributed by atoms with Gasteiger partial charge in [-0.25, -0.2) is 0 Å². The number of nitrogens with zero attached hydrogens (tertiary/aromatic N) is 1. The lowest BCUT2D eigenvalue weighted by atomic mass is 10.1. The van der Waals surface area contributed by atoms with Crippen molar-refractivity contribution in [2.45, 2.75) is 25.4 Å². The summed E-state index contributed by atoms with van der Waals surface area (Å²) in [5.41, 5.74) is -0.812. The highest BCUT2D eigenvalue weighted by atomic mass is 19.4. The first-order chi connectivity index (χ1) is 11.9. The lowest BCUT2D eigenvalue weighted by Gasteiger charge is -2.25. The summed E-state index contributed by atoms with van der Waals surface area (Å²) in [5.74, 6) is -0.158. The lowest BCUT2D eigenvalue weighted by Crippen LogP contribution is -2.36. The fraction of sp³-hybridized carbons (Fsp3) is 0.588. The van der Waals surface area contributed by atoms with Gasteiger partial charge in [0.05, 0.1) is 24.4 Å². The van der Waals surface area contributed by atoms with Gasteiger partial charge in [0.15, 0.2) is 0 Å². The van der Waals surface area contributed by atoms with Gasteiger partial charge in [-0.2, -0.15) is 13.2 Å². The van der Waals surface area contributed by atoms with E-state index in [1.165, 1.54) is 13.2 Å². The molecule has 8 heteroatoms. The number of hydrogen-bond acceptors (Lipinski definition) is 4. The van der Waals surface area contributed by atoms with Crippen molar-refractivity contribution in [3.8, 4) is 5.75 Å². The Morgan fingerprint density at radius 2 is 1.92 bits per heavy atom. The molecule has 0 radical (unpaired) electrons. The van der Waals surface area contributed by atoms with E-state index >= 15 is 0 Å². The van der Waals surface area contributed by atoms with E-state index in [0.29, 0.717) is 6.61 Å². The second-order valence-corrected chi connectivity index (χ2v) is 5.93. The Morgan fingerprint density at radius 1 is 1.20 bits per heavy atom. The number of hydrogen-bond donors (Lipinski definition) is 1. The average Bonchev–Trinajstić information content (AvgIpc) is 2.56. The van der Waals surface area contributed by atoms with Crippen molar-refractivity contribution < 1.29 is 27.4 Å². The van der Waals surface area contributed by atoms with E-state index < -0.39 is 11.7 Å². The molecule has 0 saturated carbocycles. The zero-order valence-electron chi connectivity index (χ0n) is 14.2. The minimum atomic E-state index is -4.49. The van der Waals surface area contributed by atoms with Crippen LogP contribution in [-0.2, 0) is 15.7 Å². The minimum Gasteiger partial charge on any atom is -0.489 e. The number of carbonyl (C=O) groups is 1. The third-order valence-electron chi connectivity index (χ3n) is 3.94. The molecule has 0 unspecified atom stereocenters. The molecule has 0 bridgehead atoms. The first-order valence-corrected chi connectivity index (χ1v) is 8.25. The van der Waals surface area contributed by atoms with Crippen molar-refractivity contribution >= 4 is 11.6 Å². The molecule has 1 saturated heterocycles. The van der Waals surface area contributed by atoms with Crippen LogP contribution in [0, 0.1) is 0 Å². The normalized spacial score (nSPS) is 15.8. The molecule has 0 atom stereocenters. The molecule has 0 spiro atoms. The highest BCUT2D eigenvalue weighted by Gasteiger charge is 2.31. The monoisotopic (exact) mass is 360 g/mol. The van der Waals surface area contributed by atoms with Crippen molar-refractivity contribution in [3.05, 3.63) is 23.8 Å². The zero-order chi connectivity index (χ0) is 18.3. The maximum atomic E-state index is 12.9. The summed E-state index contributed by atoms with van der Waals surface area (Å²) in [6.07, 6.45) is -1.29. The molecule has 1 aliphatic rings. The SMILES string of the molecule is COCCOc1ccc(C(F)(F)F)cc1NC(=O)CN1CCCCC1. The van der Waals surface area contributed by atoms with E-state index in [-0.39, 0.29) is 30.5 Å². The maximum Gasteiger partial charge on any atom is 0.416 e. The number of rotatable bonds is 7. The number of likely N-dealkylation sites (tertiary alicyclic amines) is 1. The fourth-order valence-corrected chi connectivity index (χ4v) is 2.68. The molecule has 1 aromatic carbocycles. The summed E-state index contributed by atoms with van der Waals surface area (Å²) < 4.78 is 49.1. The fourth-order valence-electron chi connectivity index (χ4n) is 2.68. The zero-order valence-corrected chi connectivity index (χ0v) is 14.2. The first kappa shape index (κ1) is 19.5. The molecule has 0 aromatic heterocycles. The van der Waals surface area contributed by atoms with E-state index in [2.05, 4.69) is 5.32 Å². The predicted molar refractivity (Wildman–Crippen MR) is 87.7 cm³/mol. The third-order valence-corrected chi connectivity index (χ3v) is 3.94. The van der Waals surface area contributed by atoms with Gasteiger partial charge in [-0.3, -0.25) is 9.69 Å². The number of benzene rings is 1. The molecule has 140 valence electrons. The van der Waals surface area contributed by atoms with Gasteiger partial charge in [-0.05, 0) is 44.1 Å². The minimum absolute atomic E-state index is 0.0212. The summed E-state index contributed by atoms with van der Waals surface area (Å²) in [4.78, 5) is 14.2. The van der Waals surface area contributed by atoms with Gasteiger partial charge >= 0.3 is 6.18 Å². The van der Waals surface area contributed by atoms with Gasteiger partial charge < -0.3 is 14.8 Å². The molecule has 1 heterocycles. The number of ether oxygens (including phenoxy) is 2. The number of alkyl halides is 3. The Morgan fingerprint density at radius 3 is 2.56 bits per heavy atom. The van der Waals surface area contributed by atoms with Gasteiger partial charge in [-0.1, -0.05) is 6.42 Å². The summed E-state index contributed by atoms with van der Waals surface area (Å²) in [7, 11) is 1.50. The van der Waals surface area contributed by atoms with Crippen LogP contribution in [0.15, 0.2) is 18.2 Å². The summed E-state index contributed by atoms with van der Waals surface area (Å²) in [6, 6.07) is 3.05. The standard InChI is InChI=1S/C17H23F3N2O3/c1-24-9-10-25-15-6-5-13(17(18,19)20)11-14(15)21-16(23)12-22-7-3-2-4-8-22/h5-6,11H,2-4,7-10,12H2,1H3,(H,21,23). The molecule has 0 aliphatic carbocycles. The van der Waals surface area contributed by atoms with Crippen LogP contribution in [-0.4, -0.2) is 50.8 Å². The number of anilines is 1. The van der Waals surface area contributed by atoms with Crippen LogP contribution < -0.4 is 10.1 Å². The highest BCUT2D eigenvalue weighted by molar-refractivity contribution is 5.93. The van der Waals surface area contributed by atoms with Crippen molar-refractivity contribution in [1.82, 2.24) is 4.90 Å². The highest BCUT2D eigenvalue weighted by Crippen LogP contribution is 2.35. The van der Waals surface area contributed by atoms with E-state index in [1.807, 2.05) is 4.90 Å². The smallest absolute Gasteiger partial charge is 0.416 e. The number of piperidine rings is 1. The molecule has 25 heavy (non-hydrogen) atoms. The molecular weight excluding hydrogens is 337 g/mol. The van der Waals surface area contributed by atoms with Gasteiger partial charge in [0, 0.05) is 7.11 Å². The quantitative estimate of drug-likeness (QED) is 0.759. The molecule has 1 fully saturated rings. The summed E-state index contributed by atoms with van der Waals surface area (Å²) in [5, 5.41) is 2.55. The summed E-state index contributed by atoms with van der Waals surface area (Å²) in [6.45, 7) is 2.28. The Labute approximate surface area is 145 Å². The number of halogens is 3. The van der Waals surface area contributed by atoms with Crippen molar-refractivity contribution in [3.63, 3.8) is 0 Å². The predicted octanol–water partition coefficient (Wildman–Crippen LogP) is 3.16. The van der Waals surface area contributed by atoms with E-state index in [4.69, 9.17) is 9.47 Å². The van der Waals surface area contributed by atoms with Gasteiger partial charge in [-0.15, -0.1) is 0 Å². The van der Waals surface area contributed by atoms with E-state index in [9.17, 15) is 18.0 Å². The van der Waals surface area contributed by atoms with Crippen LogP contribution in [0.25, 0.3) is 0 Å². The van der Waals surface area contributed by atoms with Gasteiger partial charge in [0.25, 0.3) is 0 Å². The van der Waals surface area contributed by atoms with Crippen molar-refractivity contribution in [2.24, 2.45) is 0 Å². The van der Waals surface area contributed by atoms with Crippen LogP contribution in [0.1, 0.15) is 24.8 Å². The van der Waals surface area contributed by atoms with Crippen LogP contribution in [0.3, 0.4) is 0 Å². The molecule has 1 amide bonds. The van der Waals surface area contributed by atoms with Crippen LogP contribution >= 0.6 is 0 Å². The molecule has 1 aromatic rings. The maximum absolute atomic E-state index is 12.9. The second kappa shape index (κ2) is 9.05. The Bertz CT molecular complexity index is 573. The van der Waals surface area contributed by atoms with Crippen molar-refractivity contribution in [2.75, 3.05) is 45.3 Å². The number of carbonyl (C=O) groups excluding carboxylic acids is 1. The topological polar surface area (TPSA) is 50.8 Å². The molecule has 1 N–H and O–H groups in total. The first-order valence-electron chi connectivity index (χ1n) is 8.25. The number of methoxy groups -OCH3 is 1. The average molecular weight is 360 g/mol. The van der Waals surface area contributed by atoms with E-state index in [0.717, 1.165) is 44.5 Å². The van der Waals surface area contributed by atoms with Crippen LogP contribution in [0.2, 0.25) is 0 Å². The Balaban J connectivity index is 2.09. The van der Waals surface area contributed by atoms with Gasteiger partial charge in [0.1, 0.15) is 12.4 Å². The molecule has 5 nitrogen and oxygen atoms in total. The molecule has 2 rings (SSSR count). The Hall–Kier alpha value is -1.80. The Kier molecular flexibility index (Phi) is 7.07. The lowest BCUT2D eigenvalue weighted by molar-refractivity contribution is -0.137. The third kappa shape index (κ3) is 6.21. The number of amides is 1.